The van der Waals surface area contributed by atoms with Crippen LogP contribution in [0.2, 0.25) is 0 Å². The lowest BCUT2D eigenvalue weighted by atomic mass is 10.0. The van der Waals surface area contributed by atoms with E-state index < -0.39 is 12.0 Å². The highest BCUT2D eigenvalue weighted by atomic mass is 16.5. The first-order valence-electron chi connectivity index (χ1n) is 7.77. The molecule has 0 aliphatic heterocycles. The summed E-state index contributed by atoms with van der Waals surface area (Å²) in [5, 5.41) is 12.0. The zero-order valence-electron chi connectivity index (χ0n) is 13.6. The quantitative estimate of drug-likeness (QED) is 0.765. The maximum Gasteiger partial charge on any atom is 0.328 e. The van der Waals surface area contributed by atoms with Gasteiger partial charge in [0.1, 0.15) is 11.8 Å². The summed E-state index contributed by atoms with van der Waals surface area (Å²) in [6, 6.07) is 15.5. The maximum atomic E-state index is 12.1. The van der Waals surface area contributed by atoms with Crippen molar-refractivity contribution in [2.75, 3.05) is 7.11 Å². The lowest BCUT2D eigenvalue weighted by molar-refractivity contribution is -0.145. The van der Waals surface area contributed by atoms with Gasteiger partial charge in [0.25, 0.3) is 0 Å². The van der Waals surface area contributed by atoms with Crippen LogP contribution < -0.4 is 5.32 Å². The number of methoxy groups -OCH3 is 1. The van der Waals surface area contributed by atoms with Crippen LogP contribution in [0.15, 0.2) is 54.6 Å². The van der Waals surface area contributed by atoms with Crippen LogP contribution >= 0.6 is 0 Å². The van der Waals surface area contributed by atoms with Gasteiger partial charge in [-0.25, -0.2) is 4.79 Å². The van der Waals surface area contributed by atoms with Gasteiger partial charge in [-0.15, -0.1) is 0 Å². The predicted octanol–water partition coefficient (Wildman–Crippen LogP) is 2.23. The van der Waals surface area contributed by atoms with Gasteiger partial charge >= 0.3 is 5.97 Å². The standard InChI is InChI=1S/C19H21NO4/c1-24-19(23)17(13-15-7-10-16(21)11-8-15)20-18(22)12-9-14-5-3-2-4-6-14/h2-8,10-11,17,21H,9,12-13H2,1H3,(H,20,22). The summed E-state index contributed by atoms with van der Waals surface area (Å²) in [7, 11) is 1.29. The van der Waals surface area contributed by atoms with E-state index in [1.165, 1.54) is 7.11 Å². The molecule has 2 aromatic rings. The number of phenols is 1. The first-order valence-corrected chi connectivity index (χ1v) is 7.77. The van der Waals surface area contributed by atoms with E-state index >= 15 is 0 Å². The number of hydrogen-bond acceptors (Lipinski definition) is 4. The van der Waals surface area contributed by atoms with E-state index in [2.05, 4.69) is 5.32 Å². The fourth-order valence-corrected chi connectivity index (χ4v) is 2.37. The Morgan fingerprint density at radius 3 is 2.33 bits per heavy atom. The lowest BCUT2D eigenvalue weighted by Gasteiger charge is -2.16. The van der Waals surface area contributed by atoms with E-state index in [4.69, 9.17) is 4.74 Å². The van der Waals surface area contributed by atoms with Gasteiger partial charge in [-0.05, 0) is 29.7 Å². The van der Waals surface area contributed by atoms with Crippen LogP contribution in [-0.4, -0.2) is 30.1 Å². The first-order chi connectivity index (χ1) is 11.6. The van der Waals surface area contributed by atoms with Crippen molar-refractivity contribution in [3.05, 3.63) is 65.7 Å². The van der Waals surface area contributed by atoms with Crippen molar-refractivity contribution in [1.82, 2.24) is 5.32 Å². The summed E-state index contributed by atoms with van der Waals surface area (Å²) in [6.45, 7) is 0. The molecule has 0 saturated heterocycles. The van der Waals surface area contributed by atoms with Gasteiger partial charge in [0.15, 0.2) is 0 Å². The topological polar surface area (TPSA) is 75.6 Å². The number of phenolic OH excluding ortho intramolecular Hbond substituents is 1. The van der Waals surface area contributed by atoms with E-state index in [1.54, 1.807) is 24.3 Å². The second-order valence-corrected chi connectivity index (χ2v) is 5.50. The summed E-state index contributed by atoms with van der Waals surface area (Å²) in [5.74, 6) is -0.538. The second-order valence-electron chi connectivity index (χ2n) is 5.50. The van der Waals surface area contributed by atoms with Crippen molar-refractivity contribution in [3.63, 3.8) is 0 Å². The van der Waals surface area contributed by atoms with E-state index in [-0.39, 0.29) is 11.7 Å². The van der Waals surface area contributed by atoms with Crippen LogP contribution in [0, 0.1) is 0 Å². The lowest BCUT2D eigenvalue weighted by Crippen LogP contribution is -2.43. The molecule has 0 fully saturated rings. The molecule has 2 rings (SSSR count). The highest BCUT2D eigenvalue weighted by molar-refractivity contribution is 5.84. The number of carbonyl (C=O) groups excluding carboxylic acids is 2. The fourth-order valence-electron chi connectivity index (χ4n) is 2.37. The van der Waals surface area contributed by atoms with Crippen LogP contribution in [-0.2, 0) is 27.2 Å². The number of amides is 1. The molecule has 0 aliphatic carbocycles. The minimum atomic E-state index is -0.747. The molecule has 0 bridgehead atoms. The molecular formula is C19H21NO4. The van der Waals surface area contributed by atoms with Crippen molar-refractivity contribution in [3.8, 4) is 5.75 Å². The molecule has 0 spiro atoms. The molecule has 0 aliphatic rings. The van der Waals surface area contributed by atoms with Crippen LogP contribution in [0.25, 0.3) is 0 Å². The Balaban J connectivity index is 1.93. The van der Waals surface area contributed by atoms with Crippen LogP contribution in [0.4, 0.5) is 0 Å². The van der Waals surface area contributed by atoms with Gasteiger partial charge in [-0.3, -0.25) is 4.79 Å². The fraction of sp³-hybridized carbons (Fsp3) is 0.263. The predicted molar refractivity (Wildman–Crippen MR) is 90.5 cm³/mol. The zero-order valence-corrected chi connectivity index (χ0v) is 13.6. The smallest absolute Gasteiger partial charge is 0.328 e. The van der Waals surface area contributed by atoms with E-state index in [9.17, 15) is 14.7 Å². The van der Waals surface area contributed by atoms with E-state index in [0.717, 1.165) is 11.1 Å². The third kappa shape index (κ3) is 5.43. The zero-order chi connectivity index (χ0) is 17.4. The SMILES string of the molecule is COC(=O)C(Cc1ccc(O)cc1)NC(=O)CCc1ccccc1. The van der Waals surface area contributed by atoms with Crippen LogP contribution in [0.5, 0.6) is 5.75 Å². The highest BCUT2D eigenvalue weighted by Crippen LogP contribution is 2.12. The molecular weight excluding hydrogens is 306 g/mol. The number of ether oxygens (including phenoxy) is 1. The molecule has 0 radical (unpaired) electrons. The van der Waals surface area contributed by atoms with Crippen molar-refractivity contribution in [1.29, 1.82) is 0 Å². The van der Waals surface area contributed by atoms with Gasteiger partial charge < -0.3 is 15.2 Å². The maximum absolute atomic E-state index is 12.1. The molecule has 2 aromatic carbocycles. The number of carbonyl (C=O) groups is 2. The minimum absolute atomic E-state index is 0.153. The summed E-state index contributed by atoms with van der Waals surface area (Å²) in [4.78, 5) is 24.0. The molecule has 24 heavy (non-hydrogen) atoms. The Morgan fingerprint density at radius 2 is 1.71 bits per heavy atom. The molecule has 1 atom stereocenters. The molecule has 0 saturated carbocycles. The molecule has 126 valence electrons. The molecule has 5 nitrogen and oxygen atoms in total. The Hall–Kier alpha value is -2.82. The van der Waals surface area contributed by atoms with Gasteiger partial charge in [0, 0.05) is 12.8 Å². The van der Waals surface area contributed by atoms with Crippen molar-refractivity contribution < 1.29 is 19.4 Å². The molecule has 5 heteroatoms. The molecule has 2 N–H and O–H groups in total. The van der Waals surface area contributed by atoms with Gasteiger partial charge in [-0.1, -0.05) is 42.5 Å². The molecule has 1 amide bonds. The third-order valence-electron chi connectivity index (χ3n) is 3.68. The summed E-state index contributed by atoms with van der Waals surface area (Å²) in [5.41, 5.74) is 1.90. The number of aryl methyl sites for hydroxylation is 1. The number of aromatic hydroxyl groups is 1. The van der Waals surface area contributed by atoms with Crippen molar-refractivity contribution in [2.45, 2.75) is 25.3 Å². The Kier molecular flexibility index (Phi) is 6.37. The Labute approximate surface area is 141 Å². The van der Waals surface area contributed by atoms with E-state index in [0.29, 0.717) is 19.3 Å². The van der Waals surface area contributed by atoms with Crippen LogP contribution in [0.1, 0.15) is 17.5 Å². The summed E-state index contributed by atoms with van der Waals surface area (Å²) >= 11 is 0. The number of rotatable bonds is 7. The Bertz CT molecular complexity index is 668. The van der Waals surface area contributed by atoms with Crippen molar-refractivity contribution >= 4 is 11.9 Å². The highest BCUT2D eigenvalue weighted by Gasteiger charge is 2.21. The van der Waals surface area contributed by atoms with Gasteiger partial charge in [0.05, 0.1) is 7.11 Å². The summed E-state index contributed by atoms with van der Waals surface area (Å²) < 4.78 is 4.77. The average molecular weight is 327 g/mol. The third-order valence-corrected chi connectivity index (χ3v) is 3.68. The van der Waals surface area contributed by atoms with Gasteiger partial charge in [-0.2, -0.15) is 0 Å². The average Bonchev–Trinajstić information content (AvgIpc) is 2.61. The Morgan fingerprint density at radius 1 is 1.04 bits per heavy atom. The minimum Gasteiger partial charge on any atom is -0.508 e. The molecule has 0 aromatic heterocycles. The normalized spacial score (nSPS) is 11.5. The molecule has 1 unspecified atom stereocenters. The largest absolute Gasteiger partial charge is 0.508 e. The second kappa shape index (κ2) is 8.72. The number of benzene rings is 2. The number of hydrogen-bond donors (Lipinski definition) is 2. The summed E-state index contributed by atoms with van der Waals surface area (Å²) in [6.07, 6.45) is 1.22. The monoisotopic (exact) mass is 327 g/mol. The first kappa shape index (κ1) is 17.5. The number of esters is 1. The van der Waals surface area contributed by atoms with Crippen molar-refractivity contribution in [2.24, 2.45) is 0 Å². The van der Waals surface area contributed by atoms with Gasteiger partial charge in [0.2, 0.25) is 5.91 Å². The number of nitrogens with one attached hydrogen (secondary N) is 1. The van der Waals surface area contributed by atoms with Crippen LogP contribution in [0.3, 0.4) is 0 Å². The van der Waals surface area contributed by atoms with E-state index in [1.807, 2.05) is 30.3 Å². The molecule has 0 heterocycles.